The molecule has 6 nitrogen and oxygen atoms in total. The number of methoxy groups -OCH3 is 1. The molecule has 0 radical (unpaired) electrons. The fourth-order valence-electron chi connectivity index (χ4n) is 2.73. The molecule has 0 bridgehead atoms. The second-order valence-corrected chi connectivity index (χ2v) is 6.97. The second-order valence-electron chi connectivity index (χ2n) is 6.97. The Labute approximate surface area is 172 Å². The van der Waals surface area contributed by atoms with Crippen molar-refractivity contribution < 1.29 is 19.1 Å². The summed E-state index contributed by atoms with van der Waals surface area (Å²) < 4.78 is 10.8. The Bertz CT molecular complexity index is 777. The van der Waals surface area contributed by atoms with Crippen LogP contribution in [0, 0.1) is 0 Å². The average molecular weight is 399 g/mol. The van der Waals surface area contributed by atoms with E-state index in [9.17, 15) is 9.59 Å². The van der Waals surface area contributed by atoms with Gasteiger partial charge in [0.25, 0.3) is 5.91 Å². The van der Waals surface area contributed by atoms with Crippen molar-refractivity contribution >= 4 is 11.8 Å². The van der Waals surface area contributed by atoms with Gasteiger partial charge in [-0.3, -0.25) is 9.59 Å². The van der Waals surface area contributed by atoms with Gasteiger partial charge < -0.3 is 19.7 Å². The molecule has 2 amide bonds. The molecule has 2 rings (SSSR count). The summed E-state index contributed by atoms with van der Waals surface area (Å²) in [4.78, 5) is 27.1. The molecule has 0 aliphatic heterocycles. The molecule has 2 aromatic carbocycles. The molecule has 1 N–H and O–H groups in total. The van der Waals surface area contributed by atoms with E-state index in [1.807, 2.05) is 44.2 Å². The van der Waals surface area contributed by atoms with Crippen LogP contribution in [0.1, 0.15) is 32.8 Å². The third kappa shape index (κ3) is 6.82. The number of carbonyl (C=O) groups is 2. The highest BCUT2D eigenvalue weighted by Crippen LogP contribution is 2.17. The molecule has 0 unspecified atom stereocenters. The largest absolute Gasteiger partial charge is 0.497 e. The summed E-state index contributed by atoms with van der Waals surface area (Å²) in [5, 5.41) is 2.95. The smallest absolute Gasteiger partial charge is 0.261 e. The standard InChI is InChI=1S/C23H30N2O4/c1-5-17(2)24-23(27)18(3)25(15-19-9-7-6-8-10-19)22(26)16-29-21-13-11-20(28-4)12-14-21/h6-14,17-18H,5,15-16H2,1-4H3,(H,24,27)/t17-,18-/m0/s1. The summed E-state index contributed by atoms with van der Waals surface area (Å²) in [6, 6.07) is 16.1. The lowest BCUT2D eigenvalue weighted by Crippen LogP contribution is -2.50. The van der Waals surface area contributed by atoms with Gasteiger partial charge in [0.15, 0.2) is 6.61 Å². The molecule has 2 atom stereocenters. The molecule has 0 spiro atoms. The first-order valence-corrected chi connectivity index (χ1v) is 9.85. The third-order valence-corrected chi connectivity index (χ3v) is 4.79. The normalized spacial score (nSPS) is 12.6. The number of ether oxygens (including phenoxy) is 2. The third-order valence-electron chi connectivity index (χ3n) is 4.79. The summed E-state index contributed by atoms with van der Waals surface area (Å²) in [7, 11) is 1.59. The summed E-state index contributed by atoms with van der Waals surface area (Å²) in [6.07, 6.45) is 0.825. The molecule has 0 aliphatic rings. The first-order valence-electron chi connectivity index (χ1n) is 9.85. The number of rotatable bonds is 10. The number of carbonyl (C=O) groups excluding carboxylic acids is 2. The van der Waals surface area contributed by atoms with Crippen molar-refractivity contribution in [3.63, 3.8) is 0 Å². The average Bonchev–Trinajstić information content (AvgIpc) is 2.76. The lowest BCUT2D eigenvalue weighted by Gasteiger charge is -2.29. The van der Waals surface area contributed by atoms with Crippen LogP contribution in [-0.2, 0) is 16.1 Å². The molecular weight excluding hydrogens is 368 g/mol. The number of hydrogen-bond donors (Lipinski definition) is 1. The predicted molar refractivity (Wildman–Crippen MR) is 113 cm³/mol. The molecule has 156 valence electrons. The maximum atomic E-state index is 12.9. The maximum Gasteiger partial charge on any atom is 0.261 e. The SMILES string of the molecule is CC[C@H](C)NC(=O)[C@H](C)N(Cc1ccccc1)C(=O)COc1ccc(OC)cc1. The minimum atomic E-state index is -0.615. The van der Waals surface area contributed by atoms with E-state index in [2.05, 4.69) is 5.32 Å². The van der Waals surface area contributed by atoms with E-state index in [-0.39, 0.29) is 24.5 Å². The van der Waals surface area contributed by atoms with E-state index < -0.39 is 6.04 Å². The lowest BCUT2D eigenvalue weighted by atomic mass is 10.1. The van der Waals surface area contributed by atoms with Crippen LogP contribution in [0.2, 0.25) is 0 Å². The maximum absolute atomic E-state index is 12.9. The zero-order valence-electron chi connectivity index (χ0n) is 17.6. The molecule has 0 fully saturated rings. The van der Waals surface area contributed by atoms with Crippen molar-refractivity contribution in [2.24, 2.45) is 0 Å². The Hall–Kier alpha value is -3.02. The van der Waals surface area contributed by atoms with Crippen LogP contribution in [-0.4, -0.2) is 42.5 Å². The second kappa shape index (κ2) is 11.1. The predicted octanol–water partition coefficient (Wildman–Crippen LogP) is 3.41. The van der Waals surface area contributed by atoms with Gasteiger partial charge in [-0.1, -0.05) is 37.3 Å². The Morgan fingerprint density at radius 1 is 1.00 bits per heavy atom. The number of nitrogens with zero attached hydrogens (tertiary/aromatic N) is 1. The highest BCUT2D eigenvalue weighted by molar-refractivity contribution is 5.88. The van der Waals surface area contributed by atoms with Crippen LogP contribution >= 0.6 is 0 Å². The first kappa shape index (κ1) is 22.3. The van der Waals surface area contributed by atoms with Crippen molar-refractivity contribution in [2.75, 3.05) is 13.7 Å². The van der Waals surface area contributed by atoms with Crippen LogP contribution in [0.4, 0.5) is 0 Å². The minimum Gasteiger partial charge on any atom is -0.497 e. The molecule has 0 aliphatic carbocycles. The summed E-state index contributed by atoms with van der Waals surface area (Å²) in [6.45, 7) is 5.87. The zero-order chi connectivity index (χ0) is 21.2. The van der Waals surface area contributed by atoms with Crippen molar-refractivity contribution in [3.05, 3.63) is 60.2 Å². The van der Waals surface area contributed by atoms with Gasteiger partial charge in [-0.15, -0.1) is 0 Å². The molecule has 0 saturated carbocycles. The van der Waals surface area contributed by atoms with Crippen LogP contribution in [0.15, 0.2) is 54.6 Å². The van der Waals surface area contributed by atoms with Crippen LogP contribution in [0.3, 0.4) is 0 Å². The van der Waals surface area contributed by atoms with Gasteiger partial charge in [0, 0.05) is 12.6 Å². The van der Waals surface area contributed by atoms with Gasteiger partial charge in [0.05, 0.1) is 7.11 Å². The van der Waals surface area contributed by atoms with Gasteiger partial charge in [-0.2, -0.15) is 0 Å². The Kier molecular flexibility index (Phi) is 8.52. The minimum absolute atomic E-state index is 0.0502. The molecule has 0 heterocycles. The molecule has 0 saturated heterocycles. The van der Waals surface area contributed by atoms with Crippen molar-refractivity contribution in [2.45, 2.75) is 45.8 Å². The van der Waals surface area contributed by atoms with E-state index in [4.69, 9.17) is 9.47 Å². The molecule has 2 aromatic rings. The van der Waals surface area contributed by atoms with Crippen molar-refractivity contribution in [3.8, 4) is 11.5 Å². The van der Waals surface area contributed by atoms with Crippen LogP contribution in [0.25, 0.3) is 0 Å². The van der Waals surface area contributed by atoms with Gasteiger partial charge >= 0.3 is 0 Å². The summed E-state index contributed by atoms with van der Waals surface area (Å²) in [5.41, 5.74) is 0.952. The molecule has 0 aromatic heterocycles. The van der Waals surface area contributed by atoms with Crippen LogP contribution < -0.4 is 14.8 Å². The number of hydrogen-bond acceptors (Lipinski definition) is 4. The Balaban J connectivity index is 2.09. The summed E-state index contributed by atoms with van der Waals surface area (Å²) >= 11 is 0. The van der Waals surface area contributed by atoms with E-state index >= 15 is 0 Å². The topological polar surface area (TPSA) is 67.9 Å². The van der Waals surface area contributed by atoms with Crippen molar-refractivity contribution in [1.29, 1.82) is 0 Å². The van der Waals surface area contributed by atoms with Gasteiger partial charge in [-0.05, 0) is 50.1 Å². The number of amides is 2. The monoisotopic (exact) mass is 398 g/mol. The zero-order valence-corrected chi connectivity index (χ0v) is 17.6. The Morgan fingerprint density at radius 2 is 1.62 bits per heavy atom. The van der Waals surface area contributed by atoms with Gasteiger partial charge in [0.1, 0.15) is 17.5 Å². The highest BCUT2D eigenvalue weighted by Gasteiger charge is 2.27. The first-order chi connectivity index (χ1) is 13.9. The Morgan fingerprint density at radius 3 is 2.21 bits per heavy atom. The molecule has 29 heavy (non-hydrogen) atoms. The highest BCUT2D eigenvalue weighted by atomic mass is 16.5. The summed E-state index contributed by atoms with van der Waals surface area (Å²) in [5.74, 6) is 0.852. The van der Waals surface area contributed by atoms with Gasteiger partial charge in [0.2, 0.25) is 5.91 Å². The van der Waals surface area contributed by atoms with E-state index in [0.717, 1.165) is 12.0 Å². The quantitative estimate of drug-likeness (QED) is 0.666. The molecule has 6 heteroatoms. The number of benzene rings is 2. The van der Waals surface area contributed by atoms with E-state index in [1.54, 1.807) is 43.2 Å². The molecular formula is C23H30N2O4. The van der Waals surface area contributed by atoms with Crippen LogP contribution in [0.5, 0.6) is 11.5 Å². The van der Waals surface area contributed by atoms with Crippen molar-refractivity contribution in [1.82, 2.24) is 10.2 Å². The fraction of sp³-hybridized carbons (Fsp3) is 0.391. The lowest BCUT2D eigenvalue weighted by molar-refractivity contribution is -0.142. The fourth-order valence-corrected chi connectivity index (χ4v) is 2.73. The van der Waals surface area contributed by atoms with E-state index in [1.165, 1.54) is 0 Å². The van der Waals surface area contributed by atoms with Gasteiger partial charge in [-0.25, -0.2) is 0 Å². The van der Waals surface area contributed by atoms with E-state index in [0.29, 0.717) is 18.0 Å². The number of nitrogens with one attached hydrogen (secondary N) is 1.